The van der Waals surface area contributed by atoms with Gasteiger partial charge in [-0.25, -0.2) is 0 Å². The number of carbonyl (C=O) groups is 1. The Morgan fingerprint density at radius 1 is 1.24 bits per heavy atom. The van der Waals surface area contributed by atoms with Gasteiger partial charge in [-0.05, 0) is 16.5 Å². The quantitative estimate of drug-likeness (QED) is 0.745. The first-order chi connectivity index (χ1) is 7.93. The van der Waals surface area contributed by atoms with Crippen LogP contribution in [0.1, 0.15) is 38.3 Å². The van der Waals surface area contributed by atoms with Gasteiger partial charge in [-0.1, -0.05) is 57.2 Å². The van der Waals surface area contributed by atoms with Crippen LogP contribution < -0.4 is 0 Å². The van der Waals surface area contributed by atoms with E-state index in [2.05, 4.69) is 49.8 Å². The first kappa shape index (κ1) is 13.5. The maximum absolute atomic E-state index is 10.9. The van der Waals surface area contributed by atoms with Crippen molar-refractivity contribution in [3.05, 3.63) is 41.5 Å². The van der Waals surface area contributed by atoms with Gasteiger partial charge in [0.2, 0.25) is 0 Å². The summed E-state index contributed by atoms with van der Waals surface area (Å²) in [6, 6.07) is 8.37. The Bertz CT molecular complexity index is 394. The van der Waals surface area contributed by atoms with Crippen molar-refractivity contribution in [1.29, 1.82) is 0 Å². The van der Waals surface area contributed by atoms with E-state index >= 15 is 0 Å². The zero-order valence-electron chi connectivity index (χ0n) is 11.0. The number of benzene rings is 1. The Morgan fingerprint density at radius 3 is 2.29 bits per heavy atom. The summed E-state index contributed by atoms with van der Waals surface area (Å²) in [7, 11) is 1.40. The van der Waals surface area contributed by atoms with Crippen LogP contribution in [0.2, 0.25) is 0 Å². The predicted molar refractivity (Wildman–Crippen MR) is 70.8 cm³/mol. The second-order valence-corrected chi connectivity index (χ2v) is 5.05. The highest BCUT2D eigenvalue weighted by molar-refractivity contribution is 5.72. The zero-order valence-corrected chi connectivity index (χ0v) is 11.0. The molecule has 0 saturated heterocycles. The van der Waals surface area contributed by atoms with E-state index in [1.807, 2.05) is 12.2 Å². The summed E-state index contributed by atoms with van der Waals surface area (Å²) in [6.45, 7) is 6.57. The highest BCUT2D eigenvalue weighted by Gasteiger charge is 2.12. The maximum Gasteiger partial charge on any atom is 0.309 e. The molecular formula is C15H20O2. The average molecular weight is 232 g/mol. The third-order valence-electron chi connectivity index (χ3n) is 2.60. The van der Waals surface area contributed by atoms with Crippen molar-refractivity contribution >= 4 is 12.0 Å². The summed E-state index contributed by atoms with van der Waals surface area (Å²) < 4.78 is 4.56. The van der Waals surface area contributed by atoms with Gasteiger partial charge in [0.25, 0.3) is 0 Å². The topological polar surface area (TPSA) is 26.3 Å². The Balaban J connectivity index is 2.66. The van der Waals surface area contributed by atoms with E-state index in [1.54, 1.807) is 0 Å². The molecule has 0 aliphatic heterocycles. The number of esters is 1. The Labute approximate surface area is 103 Å². The first-order valence-electron chi connectivity index (χ1n) is 5.77. The highest BCUT2D eigenvalue weighted by atomic mass is 16.5. The number of carbonyl (C=O) groups excluding carboxylic acids is 1. The molecule has 0 bridgehead atoms. The minimum absolute atomic E-state index is 0.175. The molecule has 0 aliphatic carbocycles. The van der Waals surface area contributed by atoms with Crippen LogP contribution in [-0.2, 0) is 14.9 Å². The molecule has 1 aromatic carbocycles. The molecule has 92 valence electrons. The van der Waals surface area contributed by atoms with Crippen molar-refractivity contribution in [1.82, 2.24) is 0 Å². The lowest BCUT2D eigenvalue weighted by molar-refractivity contribution is -0.139. The molecule has 0 spiro atoms. The standard InChI is InChI=1S/C15H20O2/c1-15(2,3)13-10-8-12(9-11-13)6-5-7-14(16)17-4/h5-6,8-11H,7H2,1-4H3. The molecule has 0 fully saturated rings. The number of hydrogen-bond donors (Lipinski definition) is 0. The van der Waals surface area contributed by atoms with E-state index in [4.69, 9.17) is 0 Å². The van der Waals surface area contributed by atoms with E-state index in [9.17, 15) is 4.79 Å². The van der Waals surface area contributed by atoms with E-state index in [-0.39, 0.29) is 11.4 Å². The summed E-state index contributed by atoms with van der Waals surface area (Å²) in [5.41, 5.74) is 2.58. The van der Waals surface area contributed by atoms with Crippen molar-refractivity contribution in [3.63, 3.8) is 0 Å². The van der Waals surface area contributed by atoms with E-state index < -0.39 is 0 Å². The van der Waals surface area contributed by atoms with Crippen LogP contribution in [0.3, 0.4) is 0 Å². The van der Waals surface area contributed by atoms with E-state index in [0.717, 1.165) is 5.56 Å². The third kappa shape index (κ3) is 4.43. The van der Waals surface area contributed by atoms with Crippen molar-refractivity contribution in [3.8, 4) is 0 Å². The largest absolute Gasteiger partial charge is 0.469 e. The molecule has 0 radical (unpaired) electrons. The van der Waals surface area contributed by atoms with Crippen molar-refractivity contribution in [2.24, 2.45) is 0 Å². The maximum atomic E-state index is 10.9. The minimum atomic E-state index is -0.215. The van der Waals surface area contributed by atoms with E-state index in [1.165, 1.54) is 12.7 Å². The zero-order chi connectivity index (χ0) is 12.9. The van der Waals surface area contributed by atoms with Gasteiger partial charge in [-0.3, -0.25) is 4.79 Å². The van der Waals surface area contributed by atoms with Gasteiger partial charge in [0, 0.05) is 0 Å². The second kappa shape index (κ2) is 5.67. The van der Waals surface area contributed by atoms with Gasteiger partial charge in [-0.15, -0.1) is 0 Å². The first-order valence-corrected chi connectivity index (χ1v) is 5.77. The molecule has 0 aliphatic rings. The van der Waals surface area contributed by atoms with Crippen LogP contribution in [0.25, 0.3) is 6.08 Å². The summed E-state index contributed by atoms with van der Waals surface area (Å²) in [4.78, 5) is 10.9. The van der Waals surface area contributed by atoms with Crippen LogP contribution in [0.5, 0.6) is 0 Å². The highest BCUT2D eigenvalue weighted by Crippen LogP contribution is 2.22. The van der Waals surface area contributed by atoms with Crippen LogP contribution in [0.15, 0.2) is 30.3 Å². The molecule has 0 N–H and O–H groups in total. The van der Waals surface area contributed by atoms with Gasteiger partial charge in [0.1, 0.15) is 0 Å². The fourth-order valence-corrected chi connectivity index (χ4v) is 1.47. The predicted octanol–water partition coefficient (Wildman–Crippen LogP) is 3.56. The molecule has 2 heteroatoms. The fraction of sp³-hybridized carbons (Fsp3) is 0.400. The lowest BCUT2D eigenvalue weighted by Crippen LogP contribution is -2.10. The average Bonchev–Trinajstić information content (AvgIpc) is 2.28. The van der Waals surface area contributed by atoms with Crippen LogP contribution in [0, 0.1) is 0 Å². The van der Waals surface area contributed by atoms with Gasteiger partial charge in [-0.2, -0.15) is 0 Å². The van der Waals surface area contributed by atoms with Gasteiger partial charge >= 0.3 is 5.97 Å². The molecule has 1 rings (SSSR count). The Morgan fingerprint density at radius 2 is 1.82 bits per heavy atom. The lowest BCUT2D eigenvalue weighted by atomic mass is 9.87. The molecule has 17 heavy (non-hydrogen) atoms. The Hall–Kier alpha value is -1.57. The molecule has 0 heterocycles. The number of hydrogen-bond acceptors (Lipinski definition) is 2. The second-order valence-electron chi connectivity index (χ2n) is 5.05. The molecular weight excluding hydrogens is 212 g/mol. The van der Waals surface area contributed by atoms with Crippen molar-refractivity contribution in [2.45, 2.75) is 32.6 Å². The van der Waals surface area contributed by atoms with Gasteiger partial charge < -0.3 is 4.74 Å². The summed E-state index contributed by atoms with van der Waals surface area (Å²) >= 11 is 0. The van der Waals surface area contributed by atoms with Crippen molar-refractivity contribution in [2.75, 3.05) is 7.11 Å². The fourth-order valence-electron chi connectivity index (χ4n) is 1.47. The summed E-state index contributed by atoms with van der Waals surface area (Å²) in [5, 5.41) is 0. The normalized spacial score (nSPS) is 11.8. The molecule has 0 aromatic heterocycles. The molecule has 2 nitrogen and oxygen atoms in total. The monoisotopic (exact) mass is 232 g/mol. The van der Waals surface area contributed by atoms with E-state index in [0.29, 0.717) is 6.42 Å². The SMILES string of the molecule is COC(=O)CC=Cc1ccc(C(C)(C)C)cc1. The number of ether oxygens (including phenoxy) is 1. The number of rotatable bonds is 3. The molecule has 0 saturated carbocycles. The molecule has 0 unspecified atom stereocenters. The van der Waals surface area contributed by atoms with Crippen molar-refractivity contribution < 1.29 is 9.53 Å². The molecule has 0 atom stereocenters. The van der Waals surface area contributed by atoms with Gasteiger partial charge in [0.15, 0.2) is 0 Å². The Kier molecular flexibility index (Phi) is 4.50. The molecule has 1 aromatic rings. The summed E-state index contributed by atoms with van der Waals surface area (Å²) in [6.07, 6.45) is 4.07. The van der Waals surface area contributed by atoms with Crippen LogP contribution in [-0.4, -0.2) is 13.1 Å². The molecule has 0 amide bonds. The van der Waals surface area contributed by atoms with Crippen LogP contribution in [0.4, 0.5) is 0 Å². The lowest BCUT2D eigenvalue weighted by Gasteiger charge is -2.18. The number of methoxy groups -OCH3 is 1. The van der Waals surface area contributed by atoms with Crippen LogP contribution >= 0.6 is 0 Å². The summed E-state index contributed by atoms with van der Waals surface area (Å²) in [5.74, 6) is -0.215. The minimum Gasteiger partial charge on any atom is -0.469 e. The third-order valence-corrected chi connectivity index (χ3v) is 2.60. The van der Waals surface area contributed by atoms with Gasteiger partial charge in [0.05, 0.1) is 13.5 Å². The smallest absolute Gasteiger partial charge is 0.309 e.